The number of esters is 2. The summed E-state index contributed by atoms with van der Waals surface area (Å²) in [6.07, 6.45) is 39.3. The van der Waals surface area contributed by atoms with E-state index >= 15 is 0 Å². The van der Waals surface area contributed by atoms with Crippen LogP contribution in [0, 0.1) is 0 Å². The second-order valence-corrected chi connectivity index (χ2v) is 12.8. The van der Waals surface area contributed by atoms with E-state index in [1.807, 2.05) is 48.6 Å². The zero-order chi connectivity index (χ0) is 36.4. The Morgan fingerprint density at radius 2 is 1.27 bits per heavy atom. The average Bonchev–Trinajstić information content (AvgIpc) is 3.05. The van der Waals surface area contributed by atoms with E-state index < -0.39 is 24.1 Å². The van der Waals surface area contributed by atoms with Gasteiger partial charge in [0, 0.05) is 19.3 Å². The molecule has 0 fully saturated rings. The third-order valence-corrected chi connectivity index (χ3v) is 7.39. The summed E-state index contributed by atoms with van der Waals surface area (Å²) in [7, 11) is 5.35. The predicted octanol–water partition coefficient (Wildman–Crippen LogP) is 7.68. The number of carboxylic acids is 1. The highest BCUT2D eigenvalue weighted by Crippen LogP contribution is 2.11. The fraction of sp³-hybridized carbons (Fsp3) is 0.585. The molecule has 0 saturated carbocycles. The molecule has 49 heavy (non-hydrogen) atoms. The van der Waals surface area contributed by atoms with Crippen molar-refractivity contribution in [3.05, 3.63) is 85.1 Å². The highest BCUT2D eigenvalue weighted by atomic mass is 16.6. The van der Waals surface area contributed by atoms with Gasteiger partial charge in [0.2, 0.25) is 0 Å². The molecule has 0 N–H and O–H groups in total. The second-order valence-electron chi connectivity index (χ2n) is 12.8. The van der Waals surface area contributed by atoms with Crippen LogP contribution < -0.4 is 5.11 Å². The van der Waals surface area contributed by atoms with Crippen LogP contribution in [0.5, 0.6) is 0 Å². The van der Waals surface area contributed by atoms with Crippen molar-refractivity contribution in [3.63, 3.8) is 0 Å². The van der Waals surface area contributed by atoms with E-state index in [1.165, 1.54) is 6.42 Å². The molecule has 0 aromatic carbocycles. The van der Waals surface area contributed by atoms with Crippen LogP contribution in [0.1, 0.15) is 104 Å². The van der Waals surface area contributed by atoms with Gasteiger partial charge in [-0.05, 0) is 44.9 Å². The van der Waals surface area contributed by atoms with E-state index in [0.717, 1.165) is 57.8 Å². The molecular formula is C41H65NO7. The van der Waals surface area contributed by atoms with Crippen LogP contribution in [0.25, 0.3) is 0 Å². The standard InChI is InChI=1S/C41H65NO7/c1-6-8-10-12-14-15-16-17-18-19-20-21-22-23-24-26-27-29-31-39(43)48-36-37(35-47-34-33-38(41(45)46)42(3,4)5)49-40(44)32-30-28-25-13-11-9-7-2/h9-12,14-21,25,28,37-38H,6-8,13,22-24,26-27,29-36H2,1-5H3/b11-9+,12-10+,15-14+,17-16+,19-18+,21-20+,28-25+. The Morgan fingerprint density at radius 3 is 1.90 bits per heavy atom. The number of likely N-dealkylation sites (N-methyl/N-ethyl adjacent to an activating group) is 1. The number of carbonyl (C=O) groups excluding carboxylic acids is 3. The molecule has 0 spiro atoms. The molecule has 8 heteroatoms. The molecule has 0 amide bonds. The topological polar surface area (TPSA) is 102 Å². The summed E-state index contributed by atoms with van der Waals surface area (Å²) >= 11 is 0. The Hall–Kier alpha value is -3.49. The highest BCUT2D eigenvalue weighted by Gasteiger charge is 2.25. The van der Waals surface area contributed by atoms with Crippen molar-refractivity contribution >= 4 is 17.9 Å². The first-order valence-electron chi connectivity index (χ1n) is 18.2. The molecule has 2 atom stereocenters. The number of rotatable bonds is 30. The van der Waals surface area contributed by atoms with Crippen LogP contribution in [0.4, 0.5) is 0 Å². The number of quaternary nitrogens is 1. The van der Waals surface area contributed by atoms with E-state index in [1.54, 1.807) is 21.1 Å². The fourth-order valence-electron chi connectivity index (χ4n) is 4.57. The largest absolute Gasteiger partial charge is 0.544 e. The molecule has 0 rings (SSSR count). The zero-order valence-electron chi connectivity index (χ0n) is 31.1. The Morgan fingerprint density at radius 1 is 0.653 bits per heavy atom. The number of hydrogen-bond donors (Lipinski definition) is 0. The smallest absolute Gasteiger partial charge is 0.306 e. The first-order valence-corrected chi connectivity index (χ1v) is 18.2. The molecule has 0 aromatic rings. The van der Waals surface area contributed by atoms with E-state index in [0.29, 0.717) is 12.8 Å². The number of ether oxygens (including phenoxy) is 3. The van der Waals surface area contributed by atoms with E-state index in [-0.39, 0.29) is 43.1 Å². The summed E-state index contributed by atoms with van der Waals surface area (Å²) in [4.78, 5) is 36.4. The Bertz CT molecular complexity index is 1080. The average molecular weight is 684 g/mol. The lowest BCUT2D eigenvalue weighted by Crippen LogP contribution is -2.55. The van der Waals surface area contributed by atoms with E-state index in [2.05, 4.69) is 50.3 Å². The monoisotopic (exact) mass is 683 g/mol. The molecular weight excluding hydrogens is 618 g/mol. The van der Waals surface area contributed by atoms with Gasteiger partial charge in [0.05, 0.1) is 40.3 Å². The van der Waals surface area contributed by atoms with Gasteiger partial charge in [-0.25, -0.2) is 0 Å². The molecule has 0 radical (unpaired) electrons. The Balaban J connectivity index is 4.45. The van der Waals surface area contributed by atoms with Crippen LogP contribution in [0.2, 0.25) is 0 Å². The first kappa shape index (κ1) is 45.5. The maximum absolute atomic E-state index is 12.5. The van der Waals surface area contributed by atoms with Crippen LogP contribution in [0.3, 0.4) is 0 Å². The van der Waals surface area contributed by atoms with Gasteiger partial charge >= 0.3 is 11.9 Å². The number of unbranched alkanes of at least 4 members (excludes halogenated alkanes) is 6. The Labute approximate surface area is 297 Å². The minimum absolute atomic E-state index is 0.00285. The summed E-state index contributed by atoms with van der Waals surface area (Å²) in [6.45, 7) is 4.28. The molecule has 0 saturated heterocycles. The molecule has 0 heterocycles. The minimum Gasteiger partial charge on any atom is -0.544 e. The molecule has 276 valence electrons. The van der Waals surface area contributed by atoms with Crippen molar-refractivity contribution in [2.45, 2.75) is 116 Å². The Kier molecular flexibility index (Phi) is 29.5. The second kappa shape index (κ2) is 31.8. The lowest BCUT2D eigenvalue weighted by Gasteiger charge is -2.34. The van der Waals surface area contributed by atoms with Gasteiger partial charge in [-0.2, -0.15) is 0 Å². The van der Waals surface area contributed by atoms with Gasteiger partial charge in [0.1, 0.15) is 12.6 Å². The van der Waals surface area contributed by atoms with Gasteiger partial charge < -0.3 is 28.6 Å². The first-order chi connectivity index (χ1) is 23.6. The number of carbonyl (C=O) groups is 3. The maximum atomic E-state index is 12.5. The quantitative estimate of drug-likeness (QED) is 0.0252. The molecule has 0 aliphatic rings. The van der Waals surface area contributed by atoms with Crippen molar-refractivity contribution in [1.82, 2.24) is 0 Å². The van der Waals surface area contributed by atoms with Crippen LogP contribution in [0.15, 0.2) is 85.1 Å². The molecule has 0 aliphatic heterocycles. The van der Waals surface area contributed by atoms with Crippen LogP contribution >= 0.6 is 0 Å². The lowest BCUT2D eigenvalue weighted by molar-refractivity contribution is -0.889. The van der Waals surface area contributed by atoms with E-state index in [4.69, 9.17) is 14.2 Å². The summed E-state index contributed by atoms with van der Waals surface area (Å²) < 4.78 is 16.9. The van der Waals surface area contributed by atoms with Crippen LogP contribution in [-0.2, 0) is 28.6 Å². The molecule has 0 bridgehead atoms. The van der Waals surface area contributed by atoms with Gasteiger partial charge in [-0.15, -0.1) is 0 Å². The number of aliphatic carboxylic acids is 1. The van der Waals surface area contributed by atoms with Gasteiger partial charge in [-0.1, -0.05) is 125 Å². The summed E-state index contributed by atoms with van der Waals surface area (Å²) in [6, 6.07) is -0.741. The molecule has 0 aliphatic carbocycles. The fourth-order valence-corrected chi connectivity index (χ4v) is 4.57. The molecule has 2 unspecified atom stereocenters. The number of carboxylic acid groups (broad SMARTS) is 1. The number of nitrogens with zero attached hydrogens (tertiary/aromatic N) is 1. The van der Waals surface area contributed by atoms with Crippen molar-refractivity contribution in [3.8, 4) is 0 Å². The normalized spacial score (nSPS) is 14.1. The highest BCUT2D eigenvalue weighted by molar-refractivity contribution is 5.70. The van der Waals surface area contributed by atoms with E-state index in [9.17, 15) is 19.5 Å². The van der Waals surface area contributed by atoms with Crippen molar-refractivity contribution in [2.75, 3.05) is 41.0 Å². The SMILES string of the molecule is CC/C=C/C/C=C/CCC(=O)OC(COCCC(C(=O)[O-])[N+](C)(C)C)COC(=O)CCCCCCC/C=C/C=C/C=C/C=C/C=C/CCC. The molecule has 8 nitrogen and oxygen atoms in total. The third kappa shape index (κ3) is 30.3. The predicted molar refractivity (Wildman–Crippen MR) is 198 cm³/mol. The van der Waals surface area contributed by atoms with Gasteiger partial charge in [0.25, 0.3) is 0 Å². The van der Waals surface area contributed by atoms with Gasteiger partial charge in [-0.3, -0.25) is 9.59 Å². The maximum Gasteiger partial charge on any atom is 0.306 e. The summed E-state index contributed by atoms with van der Waals surface area (Å²) in [5.41, 5.74) is 0. The van der Waals surface area contributed by atoms with Crippen LogP contribution in [-0.4, -0.2) is 75.5 Å². The molecule has 0 aromatic heterocycles. The minimum atomic E-state index is -1.14. The zero-order valence-corrected chi connectivity index (χ0v) is 31.1. The van der Waals surface area contributed by atoms with Crippen molar-refractivity contribution < 1.29 is 38.2 Å². The number of hydrogen-bond acceptors (Lipinski definition) is 7. The third-order valence-electron chi connectivity index (χ3n) is 7.39. The number of allylic oxidation sites excluding steroid dienone is 14. The summed E-state index contributed by atoms with van der Waals surface area (Å²) in [5, 5.41) is 11.5. The van der Waals surface area contributed by atoms with Gasteiger partial charge in [0.15, 0.2) is 6.10 Å². The van der Waals surface area contributed by atoms with Crippen molar-refractivity contribution in [2.24, 2.45) is 0 Å². The van der Waals surface area contributed by atoms with Crippen molar-refractivity contribution in [1.29, 1.82) is 0 Å². The summed E-state index contributed by atoms with van der Waals surface area (Å²) in [5.74, 6) is -1.88. The lowest BCUT2D eigenvalue weighted by atomic mass is 10.1.